The number of nitrogens with one attached hydrogen (secondary N) is 2. The van der Waals surface area contributed by atoms with Crippen molar-refractivity contribution in [3.8, 4) is 0 Å². The molecule has 0 aliphatic rings. The summed E-state index contributed by atoms with van der Waals surface area (Å²) in [6, 6.07) is 8.63. The van der Waals surface area contributed by atoms with E-state index in [-0.39, 0.29) is 5.54 Å². The first-order valence-corrected chi connectivity index (χ1v) is 6.60. The highest BCUT2D eigenvalue weighted by atomic mass is 15.1. The highest BCUT2D eigenvalue weighted by Crippen LogP contribution is 2.12. The predicted molar refractivity (Wildman–Crippen MR) is 80.2 cm³/mol. The Kier molecular flexibility index (Phi) is 5.63. The van der Waals surface area contributed by atoms with E-state index in [2.05, 4.69) is 74.7 Å². The minimum atomic E-state index is 0.201. The van der Waals surface area contributed by atoms with Gasteiger partial charge in [-0.25, -0.2) is 0 Å². The first kappa shape index (κ1) is 15.0. The molecule has 2 N–H and O–H groups in total. The fourth-order valence-electron chi connectivity index (χ4n) is 1.70. The number of anilines is 1. The Morgan fingerprint density at radius 1 is 1.11 bits per heavy atom. The Morgan fingerprint density at radius 2 is 1.83 bits per heavy atom. The number of hydrogen-bond donors (Lipinski definition) is 2. The lowest BCUT2D eigenvalue weighted by Gasteiger charge is -2.20. The van der Waals surface area contributed by atoms with Crippen molar-refractivity contribution in [3.63, 3.8) is 0 Å². The summed E-state index contributed by atoms with van der Waals surface area (Å²) >= 11 is 0. The van der Waals surface area contributed by atoms with Gasteiger partial charge in [0.1, 0.15) is 0 Å². The van der Waals surface area contributed by atoms with Gasteiger partial charge in [-0.2, -0.15) is 0 Å². The van der Waals surface area contributed by atoms with E-state index in [0.29, 0.717) is 0 Å². The molecule has 0 saturated heterocycles. The van der Waals surface area contributed by atoms with Gasteiger partial charge in [0.25, 0.3) is 0 Å². The average molecular weight is 249 g/mol. The van der Waals surface area contributed by atoms with Gasteiger partial charge in [0.2, 0.25) is 0 Å². The maximum Gasteiger partial charge on any atom is 0.0364 e. The molecule has 0 heterocycles. The summed E-state index contributed by atoms with van der Waals surface area (Å²) in [4.78, 5) is 2.13. The second-order valence-electron chi connectivity index (χ2n) is 5.92. The summed E-state index contributed by atoms with van der Waals surface area (Å²) in [7, 11) is 4.14. The fourth-order valence-corrected chi connectivity index (χ4v) is 1.70. The highest BCUT2D eigenvalue weighted by molar-refractivity contribution is 5.47. The predicted octanol–water partition coefficient (Wildman–Crippen LogP) is 2.23. The summed E-state index contributed by atoms with van der Waals surface area (Å²) in [6.45, 7) is 9.47. The molecule has 18 heavy (non-hydrogen) atoms. The van der Waals surface area contributed by atoms with Crippen LogP contribution in [0.25, 0.3) is 0 Å². The zero-order chi connectivity index (χ0) is 13.6. The Hall–Kier alpha value is -1.06. The standard InChI is InChI=1S/C15H27N3/c1-15(2,3)17-10-9-16-12-13-7-6-8-14(11-13)18(4)5/h6-8,11,16-17H,9-10,12H2,1-5H3. The molecule has 0 amide bonds. The zero-order valence-corrected chi connectivity index (χ0v) is 12.4. The molecule has 0 aliphatic carbocycles. The van der Waals surface area contributed by atoms with Gasteiger partial charge in [-0.05, 0) is 38.5 Å². The molecule has 0 spiro atoms. The van der Waals surface area contributed by atoms with Gasteiger partial charge in [-0.15, -0.1) is 0 Å². The molecule has 1 aromatic rings. The topological polar surface area (TPSA) is 27.3 Å². The van der Waals surface area contributed by atoms with E-state index >= 15 is 0 Å². The largest absolute Gasteiger partial charge is 0.378 e. The smallest absolute Gasteiger partial charge is 0.0364 e. The Labute approximate surface area is 112 Å². The van der Waals surface area contributed by atoms with Gasteiger partial charge >= 0.3 is 0 Å². The van der Waals surface area contributed by atoms with E-state index in [4.69, 9.17) is 0 Å². The summed E-state index contributed by atoms with van der Waals surface area (Å²) in [5, 5.41) is 6.93. The molecule has 0 fully saturated rings. The lowest BCUT2D eigenvalue weighted by molar-refractivity contribution is 0.421. The van der Waals surface area contributed by atoms with Crippen molar-refractivity contribution in [2.75, 3.05) is 32.1 Å². The molecule has 0 bridgehead atoms. The molecule has 1 aromatic carbocycles. The number of benzene rings is 1. The van der Waals surface area contributed by atoms with E-state index < -0.39 is 0 Å². The number of hydrogen-bond acceptors (Lipinski definition) is 3. The molecule has 0 aromatic heterocycles. The van der Waals surface area contributed by atoms with Crippen LogP contribution in [0, 0.1) is 0 Å². The summed E-state index contributed by atoms with van der Waals surface area (Å²) in [5.74, 6) is 0. The molecule has 0 saturated carbocycles. The Bertz CT molecular complexity index is 353. The van der Waals surface area contributed by atoms with Crippen molar-refractivity contribution in [2.24, 2.45) is 0 Å². The second kappa shape index (κ2) is 6.76. The van der Waals surface area contributed by atoms with Crippen LogP contribution >= 0.6 is 0 Å². The van der Waals surface area contributed by atoms with Gasteiger partial charge in [-0.3, -0.25) is 0 Å². The molecule has 3 nitrogen and oxygen atoms in total. The third-order valence-electron chi connectivity index (χ3n) is 2.71. The van der Waals surface area contributed by atoms with E-state index in [1.165, 1.54) is 11.3 Å². The SMILES string of the molecule is CN(C)c1cccc(CNCCNC(C)(C)C)c1. The Balaban J connectivity index is 2.29. The third-order valence-corrected chi connectivity index (χ3v) is 2.71. The molecular formula is C15H27N3. The van der Waals surface area contributed by atoms with Gasteiger partial charge in [0, 0.05) is 45.0 Å². The van der Waals surface area contributed by atoms with Crippen LogP contribution in [-0.4, -0.2) is 32.7 Å². The van der Waals surface area contributed by atoms with Gasteiger partial charge in [-0.1, -0.05) is 12.1 Å². The summed E-state index contributed by atoms with van der Waals surface area (Å²) in [5.41, 5.74) is 2.78. The fraction of sp³-hybridized carbons (Fsp3) is 0.600. The molecular weight excluding hydrogens is 222 g/mol. The first-order chi connectivity index (χ1) is 8.38. The summed E-state index contributed by atoms with van der Waals surface area (Å²) < 4.78 is 0. The third kappa shape index (κ3) is 6.03. The van der Waals surface area contributed by atoms with Crippen LogP contribution in [0.3, 0.4) is 0 Å². The minimum Gasteiger partial charge on any atom is -0.378 e. The maximum atomic E-state index is 3.47. The van der Waals surface area contributed by atoms with Gasteiger partial charge in [0.05, 0.1) is 0 Å². The maximum absolute atomic E-state index is 3.47. The normalized spacial score (nSPS) is 11.6. The average Bonchev–Trinajstić information content (AvgIpc) is 2.27. The van der Waals surface area contributed by atoms with Gasteiger partial charge in [0.15, 0.2) is 0 Å². The van der Waals surface area contributed by atoms with Crippen LogP contribution in [0.1, 0.15) is 26.3 Å². The monoisotopic (exact) mass is 249 g/mol. The van der Waals surface area contributed by atoms with Gasteiger partial charge < -0.3 is 15.5 Å². The van der Waals surface area contributed by atoms with Crippen molar-refractivity contribution in [1.29, 1.82) is 0 Å². The van der Waals surface area contributed by atoms with Crippen LogP contribution in [0.2, 0.25) is 0 Å². The number of nitrogens with zero attached hydrogens (tertiary/aromatic N) is 1. The second-order valence-corrected chi connectivity index (χ2v) is 5.92. The molecule has 0 unspecified atom stereocenters. The van der Waals surface area contributed by atoms with Crippen molar-refractivity contribution in [2.45, 2.75) is 32.9 Å². The molecule has 0 radical (unpaired) electrons. The van der Waals surface area contributed by atoms with Crippen LogP contribution in [0.4, 0.5) is 5.69 Å². The molecule has 1 rings (SSSR count). The van der Waals surface area contributed by atoms with E-state index in [0.717, 1.165) is 19.6 Å². The molecule has 0 atom stereocenters. The van der Waals surface area contributed by atoms with Crippen molar-refractivity contribution < 1.29 is 0 Å². The van der Waals surface area contributed by atoms with E-state index in [1.807, 2.05) is 0 Å². The van der Waals surface area contributed by atoms with E-state index in [1.54, 1.807) is 0 Å². The molecule has 0 aliphatic heterocycles. The lowest BCUT2D eigenvalue weighted by Crippen LogP contribution is -2.40. The molecule has 3 heteroatoms. The van der Waals surface area contributed by atoms with E-state index in [9.17, 15) is 0 Å². The quantitative estimate of drug-likeness (QED) is 0.757. The van der Waals surface area contributed by atoms with Crippen LogP contribution in [0.15, 0.2) is 24.3 Å². The lowest BCUT2D eigenvalue weighted by atomic mass is 10.1. The van der Waals surface area contributed by atoms with Crippen LogP contribution in [-0.2, 0) is 6.54 Å². The summed E-state index contributed by atoms with van der Waals surface area (Å²) in [6.07, 6.45) is 0. The zero-order valence-electron chi connectivity index (χ0n) is 12.4. The first-order valence-electron chi connectivity index (χ1n) is 6.60. The number of rotatable bonds is 6. The van der Waals surface area contributed by atoms with Crippen LogP contribution < -0.4 is 15.5 Å². The van der Waals surface area contributed by atoms with Crippen molar-refractivity contribution >= 4 is 5.69 Å². The van der Waals surface area contributed by atoms with Crippen molar-refractivity contribution in [3.05, 3.63) is 29.8 Å². The molecule has 102 valence electrons. The van der Waals surface area contributed by atoms with Crippen molar-refractivity contribution in [1.82, 2.24) is 10.6 Å². The highest BCUT2D eigenvalue weighted by Gasteiger charge is 2.06. The Morgan fingerprint density at radius 3 is 2.44 bits per heavy atom. The minimum absolute atomic E-state index is 0.201. The van der Waals surface area contributed by atoms with Crippen LogP contribution in [0.5, 0.6) is 0 Å².